The first kappa shape index (κ1) is 16.2. The molecule has 0 N–H and O–H groups in total. The van der Waals surface area contributed by atoms with Crippen molar-refractivity contribution in [1.29, 1.82) is 5.26 Å². The van der Waals surface area contributed by atoms with Crippen LogP contribution in [0.5, 0.6) is 0 Å². The van der Waals surface area contributed by atoms with Gasteiger partial charge in [-0.05, 0) is 19.1 Å². The van der Waals surface area contributed by atoms with Gasteiger partial charge in [-0.3, -0.25) is 0 Å². The number of aryl methyl sites for hydroxylation is 1. The lowest BCUT2D eigenvalue weighted by atomic mass is 10.1. The van der Waals surface area contributed by atoms with Crippen LogP contribution in [0.1, 0.15) is 27.8 Å². The molecule has 25 heavy (non-hydrogen) atoms. The average molecular weight is 335 g/mol. The number of furan rings is 1. The quantitative estimate of drug-likeness (QED) is 0.531. The number of nitrogens with zero attached hydrogens (tertiary/aromatic N) is 3. The van der Waals surface area contributed by atoms with E-state index in [1.165, 1.54) is 19.3 Å². The lowest BCUT2D eigenvalue weighted by Crippen LogP contribution is -1.98. The van der Waals surface area contributed by atoms with E-state index in [0.29, 0.717) is 11.6 Å². The summed E-state index contributed by atoms with van der Waals surface area (Å²) >= 11 is 0. The van der Waals surface area contributed by atoms with Crippen LogP contribution in [0.2, 0.25) is 0 Å². The van der Waals surface area contributed by atoms with Crippen molar-refractivity contribution in [3.05, 3.63) is 59.4 Å². The molecule has 0 fully saturated rings. The summed E-state index contributed by atoms with van der Waals surface area (Å²) < 4.78 is 15.0. The van der Waals surface area contributed by atoms with E-state index < -0.39 is 5.97 Å². The number of ether oxygens (including phenoxy) is 1. The normalized spacial score (nSPS) is 11.2. The molecule has 0 aliphatic rings. The van der Waals surface area contributed by atoms with Crippen LogP contribution < -0.4 is 0 Å². The fraction of sp³-hybridized carbons (Fsp3) is 0.111. The zero-order valence-corrected chi connectivity index (χ0v) is 13.5. The molecular weight excluding hydrogens is 322 g/mol. The number of allylic oxidation sites excluding steroid dienone is 1. The molecule has 0 atom stereocenters. The smallest absolute Gasteiger partial charge is 0.373 e. The Hall–Kier alpha value is -3.66. The molecule has 0 saturated heterocycles. The van der Waals surface area contributed by atoms with E-state index in [-0.39, 0.29) is 17.2 Å². The van der Waals surface area contributed by atoms with Crippen molar-refractivity contribution >= 4 is 17.6 Å². The van der Waals surface area contributed by atoms with Crippen LogP contribution in [0.25, 0.3) is 23.0 Å². The molecule has 7 nitrogen and oxygen atoms in total. The number of methoxy groups -OCH3 is 1. The third kappa shape index (κ3) is 3.48. The highest BCUT2D eigenvalue weighted by Gasteiger charge is 2.15. The molecule has 0 radical (unpaired) electrons. The first-order valence-electron chi connectivity index (χ1n) is 7.32. The summed E-state index contributed by atoms with van der Waals surface area (Å²) in [6.45, 7) is 1.98. The van der Waals surface area contributed by atoms with Crippen LogP contribution in [0, 0.1) is 18.3 Å². The molecule has 1 aromatic carbocycles. The SMILES string of the molecule is COC(=O)c1ccc(/C=C(/C#N)c2nc(-c3ccc(C)cc3)no2)o1. The number of carbonyl (C=O) groups is 1. The van der Waals surface area contributed by atoms with E-state index in [9.17, 15) is 10.1 Å². The maximum Gasteiger partial charge on any atom is 0.373 e. The van der Waals surface area contributed by atoms with Crippen LogP contribution in [-0.2, 0) is 4.74 Å². The highest BCUT2D eigenvalue weighted by atomic mass is 16.5. The number of nitriles is 1. The third-order valence-corrected chi connectivity index (χ3v) is 3.39. The molecule has 3 aromatic rings. The molecule has 124 valence electrons. The minimum absolute atomic E-state index is 0.0388. The lowest BCUT2D eigenvalue weighted by molar-refractivity contribution is 0.0564. The predicted molar refractivity (Wildman–Crippen MR) is 88.0 cm³/mol. The second-order valence-corrected chi connectivity index (χ2v) is 5.15. The van der Waals surface area contributed by atoms with Gasteiger partial charge in [-0.25, -0.2) is 4.79 Å². The van der Waals surface area contributed by atoms with Gasteiger partial charge in [0.25, 0.3) is 5.89 Å². The number of carbonyl (C=O) groups excluding carboxylic acids is 1. The molecule has 0 amide bonds. The van der Waals surface area contributed by atoms with Gasteiger partial charge in [0, 0.05) is 11.6 Å². The third-order valence-electron chi connectivity index (χ3n) is 3.39. The van der Waals surface area contributed by atoms with Gasteiger partial charge in [-0.1, -0.05) is 35.0 Å². The van der Waals surface area contributed by atoms with E-state index in [1.807, 2.05) is 37.3 Å². The Morgan fingerprint density at radius 2 is 2.00 bits per heavy atom. The molecule has 0 unspecified atom stereocenters. The fourth-order valence-corrected chi connectivity index (χ4v) is 2.08. The van der Waals surface area contributed by atoms with Crippen molar-refractivity contribution in [3.8, 4) is 17.5 Å². The predicted octanol–water partition coefficient (Wildman–Crippen LogP) is 3.49. The number of aromatic nitrogens is 2. The van der Waals surface area contributed by atoms with Crippen molar-refractivity contribution in [2.45, 2.75) is 6.92 Å². The van der Waals surface area contributed by atoms with Crippen LogP contribution in [0.15, 0.2) is 45.3 Å². The van der Waals surface area contributed by atoms with Crippen LogP contribution in [0.4, 0.5) is 0 Å². The number of benzene rings is 1. The molecule has 0 aliphatic carbocycles. The van der Waals surface area contributed by atoms with Crippen molar-refractivity contribution < 1.29 is 18.5 Å². The molecule has 0 aliphatic heterocycles. The Morgan fingerprint density at radius 1 is 1.24 bits per heavy atom. The minimum atomic E-state index is -0.599. The van der Waals surface area contributed by atoms with E-state index in [4.69, 9.17) is 8.94 Å². The maximum atomic E-state index is 11.4. The Morgan fingerprint density at radius 3 is 2.68 bits per heavy atom. The van der Waals surface area contributed by atoms with E-state index >= 15 is 0 Å². The lowest BCUT2D eigenvalue weighted by Gasteiger charge is -1.94. The second kappa shape index (κ2) is 6.84. The van der Waals surface area contributed by atoms with Gasteiger partial charge in [0.05, 0.1) is 7.11 Å². The van der Waals surface area contributed by atoms with Gasteiger partial charge in [0.1, 0.15) is 17.4 Å². The standard InChI is InChI=1S/C18H13N3O4/c1-11-3-5-12(6-4-11)16-20-17(25-21-16)13(10-19)9-14-7-8-15(24-14)18(22)23-2/h3-9H,1-2H3/b13-9-. The number of hydrogen-bond acceptors (Lipinski definition) is 7. The summed E-state index contributed by atoms with van der Waals surface area (Å²) in [5, 5.41) is 13.2. The molecule has 2 heterocycles. The van der Waals surface area contributed by atoms with E-state index in [0.717, 1.165) is 11.1 Å². The zero-order valence-electron chi connectivity index (χ0n) is 13.5. The number of esters is 1. The monoisotopic (exact) mass is 335 g/mol. The highest BCUT2D eigenvalue weighted by Crippen LogP contribution is 2.22. The largest absolute Gasteiger partial charge is 0.463 e. The average Bonchev–Trinajstić information content (AvgIpc) is 3.29. The molecule has 7 heteroatoms. The number of rotatable bonds is 4. The van der Waals surface area contributed by atoms with E-state index in [1.54, 1.807) is 6.07 Å². The molecule has 0 bridgehead atoms. The Bertz CT molecular complexity index is 974. The Kier molecular flexibility index (Phi) is 4.44. The Balaban J connectivity index is 1.89. The van der Waals surface area contributed by atoms with Crippen LogP contribution in [0.3, 0.4) is 0 Å². The van der Waals surface area contributed by atoms with E-state index in [2.05, 4.69) is 14.9 Å². The highest BCUT2D eigenvalue weighted by molar-refractivity contribution is 5.88. The molecule has 0 spiro atoms. The van der Waals surface area contributed by atoms with Gasteiger partial charge in [0.2, 0.25) is 11.6 Å². The molecule has 0 saturated carbocycles. The van der Waals surface area contributed by atoms with Gasteiger partial charge >= 0.3 is 5.97 Å². The summed E-state index contributed by atoms with van der Waals surface area (Å²) in [6.07, 6.45) is 1.42. The van der Waals surface area contributed by atoms with Crippen molar-refractivity contribution in [1.82, 2.24) is 10.1 Å². The fourth-order valence-electron chi connectivity index (χ4n) is 2.08. The van der Waals surface area contributed by atoms with Crippen molar-refractivity contribution in [2.24, 2.45) is 0 Å². The number of hydrogen-bond donors (Lipinski definition) is 0. The summed E-state index contributed by atoms with van der Waals surface area (Å²) in [5.41, 5.74) is 2.02. The first-order chi connectivity index (χ1) is 12.1. The van der Waals surface area contributed by atoms with Gasteiger partial charge in [-0.2, -0.15) is 10.2 Å². The minimum Gasteiger partial charge on any atom is -0.463 e. The molecule has 3 rings (SSSR count). The molecule has 2 aromatic heterocycles. The Labute approximate surface area is 143 Å². The van der Waals surface area contributed by atoms with Crippen molar-refractivity contribution in [2.75, 3.05) is 7.11 Å². The van der Waals surface area contributed by atoms with Crippen molar-refractivity contribution in [3.63, 3.8) is 0 Å². The summed E-state index contributed by atoms with van der Waals surface area (Å²) in [4.78, 5) is 15.6. The summed E-state index contributed by atoms with van der Waals surface area (Å²) in [7, 11) is 1.26. The summed E-state index contributed by atoms with van der Waals surface area (Å²) in [5.74, 6) is 0.182. The topological polar surface area (TPSA) is 102 Å². The zero-order chi connectivity index (χ0) is 17.8. The van der Waals surface area contributed by atoms with Gasteiger partial charge in [-0.15, -0.1) is 0 Å². The van der Waals surface area contributed by atoms with Gasteiger partial charge < -0.3 is 13.7 Å². The van der Waals surface area contributed by atoms with Gasteiger partial charge in [0.15, 0.2) is 0 Å². The summed E-state index contributed by atoms with van der Waals surface area (Å²) in [6, 6.07) is 12.6. The maximum absolute atomic E-state index is 11.4. The molecular formula is C18H13N3O4. The van der Waals surface area contributed by atoms with Crippen LogP contribution >= 0.6 is 0 Å². The second-order valence-electron chi connectivity index (χ2n) is 5.15. The first-order valence-corrected chi connectivity index (χ1v) is 7.32. The van der Waals surface area contributed by atoms with Crippen LogP contribution in [-0.4, -0.2) is 23.2 Å².